The minimum absolute atomic E-state index is 0.00128. The Morgan fingerprint density at radius 2 is 1.62 bits per heavy atom. The van der Waals surface area contributed by atoms with E-state index in [0.717, 1.165) is 47.5 Å². The number of sulfonamides is 1. The van der Waals surface area contributed by atoms with Gasteiger partial charge < -0.3 is 10.2 Å². The summed E-state index contributed by atoms with van der Waals surface area (Å²) < 4.78 is 28.9. The molecule has 2 amide bonds. The van der Waals surface area contributed by atoms with E-state index in [0.29, 0.717) is 6.42 Å². The van der Waals surface area contributed by atoms with Crippen LogP contribution in [0.5, 0.6) is 0 Å². The number of carbonyl (C=O) groups excluding carboxylic acids is 2. The summed E-state index contributed by atoms with van der Waals surface area (Å²) >= 11 is 12.8. The zero-order valence-electron chi connectivity index (χ0n) is 23.9. The molecule has 10 heteroatoms. The van der Waals surface area contributed by atoms with Crippen molar-refractivity contribution in [2.24, 2.45) is 0 Å². The molecule has 7 nitrogen and oxygen atoms in total. The third kappa shape index (κ3) is 7.65. The maximum Gasteiger partial charge on any atom is 0.264 e. The number of hydrogen-bond donors (Lipinski definition) is 1. The average molecular weight is 631 g/mol. The molecule has 0 heterocycles. The summed E-state index contributed by atoms with van der Waals surface area (Å²) in [4.78, 5) is 29.4. The molecule has 1 fully saturated rings. The number of carbonyl (C=O) groups is 2. The van der Waals surface area contributed by atoms with Gasteiger partial charge >= 0.3 is 0 Å². The van der Waals surface area contributed by atoms with Crippen LogP contribution in [0.2, 0.25) is 10.0 Å². The van der Waals surface area contributed by atoms with Gasteiger partial charge in [0, 0.05) is 17.6 Å². The van der Waals surface area contributed by atoms with Crippen molar-refractivity contribution in [3.63, 3.8) is 0 Å². The summed E-state index contributed by atoms with van der Waals surface area (Å²) in [5.41, 5.74) is 1.91. The van der Waals surface area contributed by atoms with E-state index in [4.69, 9.17) is 23.2 Å². The van der Waals surface area contributed by atoms with Crippen LogP contribution >= 0.6 is 23.2 Å². The summed E-state index contributed by atoms with van der Waals surface area (Å²) in [6, 6.07) is 19.2. The number of amides is 2. The second-order valence-corrected chi connectivity index (χ2v) is 13.3. The van der Waals surface area contributed by atoms with E-state index in [1.54, 1.807) is 24.3 Å². The van der Waals surface area contributed by atoms with Crippen molar-refractivity contribution in [3.05, 3.63) is 94.0 Å². The van der Waals surface area contributed by atoms with Gasteiger partial charge in [0.2, 0.25) is 11.8 Å². The predicted octanol–water partition coefficient (Wildman–Crippen LogP) is 6.75. The lowest BCUT2D eigenvalue weighted by atomic mass is 9.95. The van der Waals surface area contributed by atoms with Crippen LogP contribution < -0.4 is 9.62 Å². The fourth-order valence-electron chi connectivity index (χ4n) is 5.34. The lowest BCUT2D eigenvalue weighted by molar-refractivity contribution is -0.140. The predicted molar refractivity (Wildman–Crippen MR) is 168 cm³/mol. The molecule has 3 aromatic carbocycles. The average Bonchev–Trinajstić information content (AvgIpc) is 2.99. The molecular formula is C32H37Cl2N3O4S. The van der Waals surface area contributed by atoms with Crippen LogP contribution in [0.15, 0.2) is 77.7 Å². The summed E-state index contributed by atoms with van der Waals surface area (Å²) in [7, 11) is -4.24. The second-order valence-electron chi connectivity index (χ2n) is 10.6. The number of nitrogens with zero attached hydrogens (tertiary/aromatic N) is 2. The molecule has 0 aromatic heterocycles. The molecule has 1 aliphatic rings. The van der Waals surface area contributed by atoms with Gasteiger partial charge in [-0.05, 0) is 67.6 Å². The third-order valence-electron chi connectivity index (χ3n) is 7.73. The molecule has 1 saturated carbocycles. The summed E-state index contributed by atoms with van der Waals surface area (Å²) in [6.45, 7) is 3.37. The number of anilines is 1. The van der Waals surface area contributed by atoms with Crippen LogP contribution in [0.3, 0.4) is 0 Å². The van der Waals surface area contributed by atoms with E-state index in [1.807, 2.05) is 38.1 Å². The Morgan fingerprint density at radius 1 is 0.952 bits per heavy atom. The maximum atomic E-state index is 14.3. The molecule has 1 aliphatic carbocycles. The van der Waals surface area contributed by atoms with E-state index >= 15 is 0 Å². The fraction of sp³-hybridized carbons (Fsp3) is 0.375. The highest BCUT2D eigenvalue weighted by molar-refractivity contribution is 7.92. The number of halogens is 2. The number of aryl methyl sites for hydroxylation is 1. The van der Waals surface area contributed by atoms with Gasteiger partial charge in [0.25, 0.3) is 10.0 Å². The van der Waals surface area contributed by atoms with Crippen LogP contribution in [0.25, 0.3) is 0 Å². The first-order valence-corrected chi connectivity index (χ1v) is 16.5. The number of nitrogens with one attached hydrogen (secondary N) is 1. The lowest BCUT2D eigenvalue weighted by Crippen LogP contribution is -2.54. The Hall–Kier alpha value is -3.07. The van der Waals surface area contributed by atoms with E-state index in [1.165, 1.54) is 29.2 Å². The van der Waals surface area contributed by atoms with Gasteiger partial charge in [-0.15, -0.1) is 0 Å². The molecule has 4 rings (SSSR count). The standard InChI is InChI=1S/C32H37Cl2N3O4S/c1-3-29(32(39)35-26-14-6-4-7-15-26)36(21-24-13-11-10-12-23(24)2)31(38)22-37(30-20-25(33)18-19-28(30)34)42(40,41)27-16-8-5-9-17-27/h5,8-13,16-20,26,29H,3-4,6-7,14-15,21-22H2,1-2H3,(H,35,39)/t29-/m1/s1. The van der Waals surface area contributed by atoms with Gasteiger partial charge in [-0.3, -0.25) is 13.9 Å². The minimum Gasteiger partial charge on any atom is -0.352 e. The fourth-order valence-corrected chi connectivity index (χ4v) is 7.23. The molecule has 1 atom stereocenters. The van der Waals surface area contributed by atoms with Crippen molar-refractivity contribution < 1.29 is 18.0 Å². The van der Waals surface area contributed by atoms with Crippen LogP contribution in [0.1, 0.15) is 56.6 Å². The molecular weight excluding hydrogens is 593 g/mol. The van der Waals surface area contributed by atoms with Gasteiger partial charge in [-0.1, -0.05) is 91.9 Å². The van der Waals surface area contributed by atoms with Crippen LogP contribution in [-0.4, -0.2) is 43.8 Å². The van der Waals surface area contributed by atoms with Gasteiger partial charge in [0.15, 0.2) is 0 Å². The van der Waals surface area contributed by atoms with Crippen molar-refractivity contribution in [2.75, 3.05) is 10.8 Å². The molecule has 1 N–H and O–H groups in total. The smallest absolute Gasteiger partial charge is 0.264 e. The molecule has 224 valence electrons. The SMILES string of the molecule is CC[C@H](C(=O)NC1CCCCC1)N(Cc1ccccc1C)C(=O)CN(c1cc(Cl)ccc1Cl)S(=O)(=O)c1ccccc1. The van der Waals surface area contributed by atoms with Gasteiger partial charge in [-0.25, -0.2) is 8.42 Å². The first kappa shape index (κ1) is 31.9. The van der Waals surface area contributed by atoms with Gasteiger partial charge in [0.05, 0.1) is 15.6 Å². The van der Waals surface area contributed by atoms with Crippen LogP contribution in [-0.2, 0) is 26.2 Å². The zero-order chi connectivity index (χ0) is 30.3. The Morgan fingerprint density at radius 3 is 2.29 bits per heavy atom. The Kier molecular flexibility index (Phi) is 10.9. The van der Waals surface area contributed by atoms with Crippen molar-refractivity contribution >= 4 is 50.7 Å². The maximum absolute atomic E-state index is 14.3. The van der Waals surface area contributed by atoms with E-state index in [-0.39, 0.29) is 39.1 Å². The van der Waals surface area contributed by atoms with Crippen molar-refractivity contribution in [1.82, 2.24) is 10.2 Å². The van der Waals surface area contributed by atoms with Crippen molar-refractivity contribution in [3.8, 4) is 0 Å². The monoisotopic (exact) mass is 629 g/mol. The minimum atomic E-state index is -4.24. The van der Waals surface area contributed by atoms with Crippen molar-refractivity contribution in [2.45, 2.75) is 75.9 Å². The van der Waals surface area contributed by atoms with Crippen LogP contribution in [0.4, 0.5) is 5.69 Å². The molecule has 0 bridgehead atoms. The van der Waals surface area contributed by atoms with Gasteiger partial charge in [0.1, 0.15) is 12.6 Å². The largest absolute Gasteiger partial charge is 0.352 e. The lowest BCUT2D eigenvalue weighted by Gasteiger charge is -2.35. The first-order chi connectivity index (χ1) is 20.1. The number of hydrogen-bond acceptors (Lipinski definition) is 4. The molecule has 0 unspecified atom stereocenters. The molecule has 0 spiro atoms. The van der Waals surface area contributed by atoms with Crippen molar-refractivity contribution in [1.29, 1.82) is 0 Å². The number of rotatable bonds is 11. The molecule has 3 aromatic rings. The normalized spacial score (nSPS) is 14.7. The van der Waals surface area contributed by atoms with Gasteiger partial charge in [-0.2, -0.15) is 0 Å². The molecule has 0 saturated heterocycles. The quantitative estimate of drug-likeness (QED) is 0.254. The summed E-state index contributed by atoms with van der Waals surface area (Å²) in [5, 5.41) is 3.55. The highest BCUT2D eigenvalue weighted by Crippen LogP contribution is 2.33. The molecule has 0 radical (unpaired) electrons. The van der Waals surface area contributed by atoms with E-state index in [2.05, 4.69) is 5.32 Å². The van der Waals surface area contributed by atoms with E-state index in [9.17, 15) is 18.0 Å². The summed E-state index contributed by atoms with van der Waals surface area (Å²) in [6.07, 6.45) is 5.44. The zero-order valence-corrected chi connectivity index (χ0v) is 26.3. The summed E-state index contributed by atoms with van der Waals surface area (Å²) in [5.74, 6) is -0.760. The highest BCUT2D eigenvalue weighted by atomic mass is 35.5. The Labute approximate surface area is 258 Å². The Balaban J connectivity index is 1.74. The second kappa shape index (κ2) is 14.4. The van der Waals surface area contributed by atoms with E-state index < -0.39 is 28.5 Å². The Bertz CT molecular complexity index is 1490. The number of benzene rings is 3. The molecule has 42 heavy (non-hydrogen) atoms. The highest BCUT2D eigenvalue weighted by Gasteiger charge is 2.35. The third-order valence-corrected chi connectivity index (χ3v) is 10.1. The first-order valence-electron chi connectivity index (χ1n) is 14.3. The molecule has 0 aliphatic heterocycles. The van der Waals surface area contributed by atoms with Crippen LogP contribution in [0, 0.1) is 6.92 Å². The topological polar surface area (TPSA) is 86.8 Å².